The van der Waals surface area contributed by atoms with Crippen LogP contribution in [-0.4, -0.2) is 13.0 Å². The maximum absolute atomic E-state index is 12.7. The molecule has 3 aliphatic rings. The average Bonchev–Trinajstić information content (AvgIpc) is 3.13. The maximum Gasteiger partial charge on any atom is 0.236 e. The highest BCUT2D eigenvalue weighted by Gasteiger charge is 2.66. The molecule has 2 fully saturated rings. The molecule has 1 amide bonds. The van der Waals surface area contributed by atoms with Gasteiger partial charge in [0.1, 0.15) is 5.75 Å². The molecule has 1 spiro atoms. The van der Waals surface area contributed by atoms with Gasteiger partial charge in [-0.05, 0) is 54.9 Å². The number of fused-ring (bicyclic) bond motifs is 5. The SMILES string of the molecule is COc1ccc2c(c1)C1(C(=O)N2)C2CCC(C2)C1C#N. The Balaban J connectivity index is 1.95. The zero-order chi connectivity index (χ0) is 13.9. The molecule has 1 heterocycles. The predicted octanol–water partition coefficient (Wildman–Crippen LogP) is 2.45. The van der Waals surface area contributed by atoms with Gasteiger partial charge in [-0.1, -0.05) is 0 Å². The van der Waals surface area contributed by atoms with Crippen LogP contribution in [0.3, 0.4) is 0 Å². The first kappa shape index (κ1) is 11.8. The standard InChI is InChI=1S/C16H16N2O2/c1-20-11-4-5-14-12(7-11)16(15(19)18-14)10-3-2-9(6-10)13(16)8-17/h4-5,7,9-10,13H,2-3,6H2,1H3,(H,18,19). The third kappa shape index (κ3) is 1.14. The Hall–Kier alpha value is -2.02. The summed E-state index contributed by atoms with van der Waals surface area (Å²) in [6.07, 6.45) is 3.13. The molecule has 102 valence electrons. The number of ether oxygens (including phenoxy) is 1. The van der Waals surface area contributed by atoms with Crippen molar-refractivity contribution in [2.75, 3.05) is 12.4 Å². The highest BCUT2D eigenvalue weighted by atomic mass is 16.5. The van der Waals surface area contributed by atoms with E-state index in [1.54, 1.807) is 7.11 Å². The van der Waals surface area contributed by atoms with Gasteiger partial charge in [0.25, 0.3) is 0 Å². The minimum atomic E-state index is -0.637. The van der Waals surface area contributed by atoms with Crippen LogP contribution < -0.4 is 10.1 Å². The van der Waals surface area contributed by atoms with Crippen LogP contribution in [0.5, 0.6) is 5.75 Å². The quantitative estimate of drug-likeness (QED) is 0.851. The zero-order valence-electron chi connectivity index (χ0n) is 11.3. The normalized spacial score (nSPS) is 36.8. The van der Waals surface area contributed by atoms with Crippen LogP contribution in [0, 0.1) is 29.1 Å². The third-order valence-corrected chi connectivity index (χ3v) is 5.51. The fraction of sp³-hybridized carbons (Fsp3) is 0.500. The molecule has 20 heavy (non-hydrogen) atoms. The summed E-state index contributed by atoms with van der Waals surface area (Å²) < 4.78 is 5.30. The molecule has 2 aliphatic carbocycles. The first-order chi connectivity index (χ1) is 9.71. The second-order valence-electron chi connectivity index (χ2n) is 6.11. The molecule has 0 radical (unpaired) electrons. The average molecular weight is 268 g/mol. The lowest BCUT2D eigenvalue weighted by Gasteiger charge is -2.35. The van der Waals surface area contributed by atoms with Crippen molar-refractivity contribution in [1.29, 1.82) is 5.26 Å². The summed E-state index contributed by atoms with van der Waals surface area (Å²) in [5.41, 5.74) is 1.19. The second kappa shape index (κ2) is 3.76. The van der Waals surface area contributed by atoms with E-state index in [1.807, 2.05) is 18.2 Å². The molecular formula is C16H16N2O2. The molecule has 0 aromatic heterocycles. The number of nitrogens with zero attached hydrogens (tertiary/aromatic N) is 1. The molecule has 4 atom stereocenters. The van der Waals surface area contributed by atoms with Crippen molar-refractivity contribution >= 4 is 11.6 Å². The Morgan fingerprint density at radius 2 is 2.30 bits per heavy atom. The van der Waals surface area contributed by atoms with E-state index in [0.717, 1.165) is 36.3 Å². The molecule has 1 N–H and O–H groups in total. The molecule has 0 saturated heterocycles. The number of carbonyl (C=O) groups excluding carboxylic acids is 1. The van der Waals surface area contributed by atoms with Gasteiger partial charge >= 0.3 is 0 Å². The molecule has 2 saturated carbocycles. The van der Waals surface area contributed by atoms with Crippen molar-refractivity contribution < 1.29 is 9.53 Å². The van der Waals surface area contributed by atoms with Gasteiger partial charge < -0.3 is 10.1 Å². The highest BCUT2D eigenvalue weighted by molar-refractivity contribution is 6.07. The number of hydrogen-bond acceptors (Lipinski definition) is 3. The molecule has 4 unspecified atom stereocenters. The van der Waals surface area contributed by atoms with Gasteiger partial charge in [0.2, 0.25) is 5.91 Å². The number of carbonyl (C=O) groups is 1. The van der Waals surface area contributed by atoms with Crippen LogP contribution in [0.1, 0.15) is 24.8 Å². The van der Waals surface area contributed by atoms with Crippen molar-refractivity contribution in [3.05, 3.63) is 23.8 Å². The Morgan fingerprint density at radius 3 is 3.05 bits per heavy atom. The molecule has 4 nitrogen and oxygen atoms in total. The number of nitriles is 1. The van der Waals surface area contributed by atoms with Crippen LogP contribution in [0.15, 0.2) is 18.2 Å². The topological polar surface area (TPSA) is 62.1 Å². The predicted molar refractivity (Wildman–Crippen MR) is 73.2 cm³/mol. The summed E-state index contributed by atoms with van der Waals surface area (Å²) >= 11 is 0. The summed E-state index contributed by atoms with van der Waals surface area (Å²) in [5.74, 6) is 1.23. The van der Waals surface area contributed by atoms with E-state index in [2.05, 4.69) is 11.4 Å². The smallest absolute Gasteiger partial charge is 0.236 e. The minimum absolute atomic E-state index is 0.0134. The third-order valence-electron chi connectivity index (χ3n) is 5.51. The summed E-state index contributed by atoms with van der Waals surface area (Å²) in [5, 5.41) is 12.6. The van der Waals surface area contributed by atoms with Crippen LogP contribution in [0.2, 0.25) is 0 Å². The van der Waals surface area contributed by atoms with E-state index in [1.165, 1.54) is 0 Å². The van der Waals surface area contributed by atoms with Crippen molar-refractivity contribution in [1.82, 2.24) is 0 Å². The molecular weight excluding hydrogens is 252 g/mol. The number of nitrogens with one attached hydrogen (secondary N) is 1. The Morgan fingerprint density at radius 1 is 1.45 bits per heavy atom. The lowest BCUT2D eigenvalue weighted by Crippen LogP contribution is -2.45. The molecule has 1 aliphatic heterocycles. The van der Waals surface area contributed by atoms with Gasteiger partial charge in [0.05, 0.1) is 24.5 Å². The number of rotatable bonds is 1. The van der Waals surface area contributed by atoms with E-state index in [4.69, 9.17) is 4.74 Å². The van der Waals surface area contributed by atoms with Gasteiger partial charge in [0.15, 0.2) is 0 Å². The fourth-order valence-electron chi connectivity index (χ4n) is 4.73. The lowest BCUT2D eigenvalue weighted by atomic mass is 9.63. The van der Waals surface area contributed by atoms with E-state index >= 15 is 0 Å². The number of hydrogen-bond donors (Lipinski definition) is 1. The van der Waals surface area contributed by atoms with Gasteiger partial charge in [-0.15, -0.1) is 0 Å². The van der Waals surface area contributed by atoms with Crippen LogP contribution in [0.4, 0.5) is 5.69 Å². The number of benzene rings is 1. The number of amides is 1. The Bertz CT molecular complexity index is 648. The second-order valence-corrected chi connectivity index (χ2v) is 6.11. The van der Waals surface area contributed by atoms with E-state index < -0.39 is 5.41 Å². The van der Waals surface area contributed by atoms with Crippen LogP contribution in [0.25, 0.3) is 0 Å². The Labute approximate surface area is 117 Å². The van der Waals surface area contributed by atoms with Crippen molar-refractivity contribution in [3.63, 3.8) is 0 Å². The van der Waals surface area contributed by atoms with Gasteiger partial charge in [-0.2, -0.15) is 5.26 Å². The minimum Gasteiger partial charge on any atom is -0.497 e. The number of anilines is 1. The zero-order valence-corrected chi connectivity index (χ0v) is 11.3. The van der Waals surface area contributed by atoms with Crippen molar-refractivity contribution in [3.8, 4) is 11.8 Å². The molecule has 2 bridgehead atoms. The Kier molecular flexibility index (Phi) is 2.21. The van der Waals surface area contributed by atoms with E-state index in [-0.39, 0.29) is 11.8 Å². The molecule has 1 aromatic rings. The summed E-state index contributed by atoms with van der Waals surface area (Å²) in [7, 11) is 1.63. The number of methoxy groups -OCH3 is 1. The summed E-state index contributed by atoms with van der Waals surface area (Å²) in [6.45, 7) is 0. The monoisotopic (exact) mass is 268 g/mol. The van der Waals surface area contributed by atoms with Gasteiger partial charge in [-0.3, -0.25) is 4.79 Å². The molecule has 4 heteroatoms. The van der Waals surface area contributed by atoms with Crippen molar-refractivity contribution in [2.45, 2.75) is 24.7 Å². The first-order valence-electron chi connectivity index (χ1n) is 7.11. The van der Waals surface area contributed by atoms with Crippen LogP contribution in [-0.2, 0) is 10.2 Å². The lowest BCUT2D eigenvalue weighted by molar-refractivity contribution is -0.123. The van der Waals surface area contributed by atoms with Crippen molar-refractivity contribution in [2.24, 2.45) is 17.8 Å². The van der Waals surface area contributed by atoms with Crippen LogP contribution >= 0.6 is 0 Å². The molecule has 1 aromatic carbocycles. The fourth-order valence-corrected chi connectivity index (χ4v) is 4.73. The van der Waals surface area contributed by atoms with E-state index in [0.29, 0.717) is 11.8 Å². The summed E-state index contributed by atoms with van der Waals surface area (Å²) in [4.78, 5) is 12.7. The first-order valence-corrected chi connectivity index (χ1v) is 7.11. The highest BCUT2D eigenvalue weighted by Crippen LogP contribution is 2.63. The van der Waals surface area contributed by atoms with Gasteiger partial charge in [-0.25, -0.2) is 0 Å². The maximum atomic E-state index is 12.7. The van der Waals surface area contributed by atoms with E-state index in [9.17, 15) is 10.1 Å². The van der Waals surface area contributed by atoms with Gasteiger partial charge in [0, 0.05) is 5.69 Å². The largest absolute Gasteiger partial charge is 0.497 e. The summed E-state index contributed by atoms with van der Waals surface area (Å²) in [6, 6.07) is 8.12. The molecule has 4 rings (SSSR count).